The molecule has 0 aromatic carbocycles. The minimum Gasteiger partial charge on any atom is -0.383 e. The number of rotatable bonds is 12. The molecule has 0 spiro atoms. The Morgan fingerprint density at radius 2 is 1.27 bits per heavy atom. The molecule has 92 valence electrons. The Morgan fingerprint density at radius 1 is 0.667 bits per heavy atom. The van der Waals surface area contributed by atoms with Gasteiger partial charge in [-0.1, -0.05) is 0 Å². The van der Waals surface area contributed by atoms with Gasteiger partial charge in [0, 0.05) is 40.4 Å². The molecular weight excluding hydrogens is 196 g/mol. The average molecular weight is 220 g/mol. The zero-order valence-electron chi connectivity index (χ0n) is 9.88. The lowest BCUT2D eigenvalue weighted by Gasteiger charge is -2.06. The second kappa shape index (κ2) is 13.8. The van der Waals surface area contributed by atoms with Crippen LogP contribution in [0.1, 0.15) is 0 Å². The van der Waals surface area contributed by atoms with Crippen LogP contribution < -0.4 is 10.6 Å². The van der Waals surface area contributed by atoms with E-state index in [0.29, 0.717) is 13.2 Å². The molecule has 0 atom stereocenters. The summed E-state index contributed by atoms with van der Waals surface area (Å²) in [7, 11) is 3.38. The molecule has 5 nitrogen and oxygen atoms in total. The van der Waals surface area contributed by atoms with Gasteiger partial charge in [0.1, 0.15) is 0 Å². The molecule has 0 saturated carbocycles. The van der Waals surface area contributed by atoms with Crippen LogP contribution in [0.25, 0.3) is 0 Å². The first-order chi connectivity index (χ1) is 7.41. The minimum absolute atomic E-state index is 0.665. The van der Waals surface area contributed by atoms with Gasteiger partial charge in [-0.05, 0) is 0 Å². The Labute approximate surface area is 92.5 Å². The quantitative estimate of drug-likeness (QED) is 0.433. The van der Waals surface area contributed by atoms with Crippen LogP contribution in [0, 0.1) is 0 Å². The topological polar surface area (TPSA) is 51.8 Å². The Hall–Kier alpha value is -0.200. The van der Waals surface area contributed by atoms with E-state index >= 15 is 0 Å². The summed E-state index contributed by atoms with van der Waals surface area (Å²) >= 11 is 0. The maximum Gasteiger partial charge on any atom is 0.0700 e. The van der Waals surface area contributed by atoms with Gasteiger partial charge < -0.3 is 24.8 Å². The second-order valence-electron chi connectivity index (χ2n) is 3.10. The molecule has 0 radical (unpaired) electrons. The van der Waals surface area contributed by atoms with Gasteiger partial charge in [0.25, 0.3) is 0 Å². The lowest BCUT2D eigenvalue weighted by Crippen LogP contribution is -2.31. The zero-order valence-corrected chi connectivity index (χ0v) is 9.88. The number of hydrogen-bond acceptors (Lipinski definition) is 5. The molecule has 0 aromatic heterocycles. The molecule has 0 unspecified atom stereocenters. The van der Waals surface area contributed by atoms with Gasteiger partial charge >= 0.3 is 0 Å². The highest BCUT2D eigenvalue weighted by atomic mass is 16.5. The Kier molecular flexibility index (Phi) is 13.6. The molecule has 0 amide bonds. The summed E-state index contributed by atoms with van der Waals surface area (Å²) in [6, 6.07) is 0. The first-order valence-corrected chi connectivity index (χ1v) is 5.39. The third-order valence-electron chi connectivity index (χ3n) is 1.82. The van der Waals surface area contributed by atoms with Crippen LogP contribution in [0.5, 0.6) is 0 Å². The predicted molar refractivity (Wildman–Crippen MR) is 60.3 cm³/mol. The molecular formula is C10H24N2O3. The Balaban J connectivity index is 2.81. The minimum atomic E-state index is 0.665. The maximum atomic E-state index is 5.29. The van der Waals surface area contributed by atoms with Gasteiger partial charge in [-0.15, -0.1) is 0 Å². The molecule has 5 heteroatoms. The SMILES string of the molecule is COCCNCCNCCOCCOC. The third-order valence-corrected chi connectivity index (χ3v) is 1.82. The fourth-order valence-electron chi connectivity index (χ4n) is 0.990. The monoisotopic (exact) mass is 220 g/mol. The van der Waals surface area contributed by atoms with Gasteiger partial charge in [-0.3, -0.25) is 0 Å². The van der Waals surface area contributed by atoms with Crippen molar-refractivity contribution in [2.24, 2.45) is 0 Å². The highest BCUT2D eigenvalue weighted by molar-refractivity contribution is 4.51. The van der Waals surface area contributed by atoms with Crippen LogP contribution in [-0.2, 0) is 14.2 Å². The molecule has 0 aliphatic carbocycles. The summed E-state index contributed by atoms with van der Waals surface area (Å²) < 4.78 is 15.1. The van der Waals surface area contributed by atoms with Gasteiger partial charge in [0.15, 0.2) is 0 Å². The highest BCUT2D eigenvalue weighted by Gasteiger charge is 1.89. The summed E-state index contributed by atoms with van der Waals surface area (Å²) in [4.78, 5) is 0. The van der Waals surface area contributed by atoms with Crippen LogP contribution >= 0.6 is 0 Å². The van der Waals surface area contributed by atoms with Crippen LogP contribution in [0.15, 0.2) is 0 Å². The lowest BCUT2D eigenvalue weighted by atomic mass is 10.5. The highest BCUT2D eigenvalue weighted by Crippen LogP contribution is 1.74. The zero-order chi connectivity index (χ0) is 11.2. The van der Waals surface area contributed by atoms with Gasteiger partial charge in [-0.25, -0.2) is 0 Å². The molecule has 0 saturated heterocycles. The predicted octanol–water partition coefficient (Wildman–Crippen LogP) is -0.525. The van der Waals surface area contributed by atoms with E-state index in [9.17, 15) is 0 Å². The molecule has 0 aliphatic rings. The molecule has 0 aromatic rings. The first kappa shape index (κ1) is 14.8. The van der Waals surface area contributed by atoms with E-state index in [4.69, 9.17) is 14.2 Å². The van der Waals surface area contributed by atoms with E-state index < -0.39 is 0 Å². The van der Waals surface area contributed by atoms with E-state index in [1.165, 1.54) is 0 Å². The smallest absolute Gasteiger partial charge is 0.0700 e. The largest absolute Gasteiger partial charge is 0.383 e. The van der Waals surface area contributed by atoms with E-state index in [1.54, 1.807) is 14.2 Å². The molecule has 0 rings (SSSR count). The van der Waals surface area contributed by atoms with Crippen LogP contribution in [0.2, 0.25) is 0 Å². The van der Waals surface area contributed by atoms with Gasteiger partial charge in [0.05, 0.1) is 26.4 Å². The van der Waals surface area contributed by atoms with Crippen molar-refractivity contribution in [3.8, 4) is 0 Å². The van der Waals surface area contributed by atoms with Crippen molar-refractivity contribution in [2.45, 2.75) is 0 Å². The van der Waals surface area contributed by atoms with E-state index in [-0.39, 0.29) is 0 Å². The van der Waals surface area contributed by atoms with E-state index in [1.807, 2.05) is 0 Å². The van der Waals surface area contributed by atoms with E-state index in [0.717, 1.165) is 39.4 Å². The van der Waals surface area contributed by atoms with Crippen molar-refractivity contribution in [2.75, 3.05) is 66.8 Å². The van der Waals surface area contributed by atoms with Gasteiger partial charge in [0.2, 0.25) is 0 Å². The van der Waals surface area contributed by atoms with Crippen molar-refractivity contribution in [3.05, 3.63) is 0 Å². The first-order valence-electron chi connectivity index (χ1n) is 5.39. The van der Waals surface area contributed by atoms with E-state index in [2.05, 4.69) is 10.6 Å². The summed E-state index contributed by atoms with van der Waals surface area (Å²) in [6.45, 7) is 6.54. The molecule has 0 fully saturated rings. The van der Waals surface area contributed by atoms with Crippen molar-refractivity contribution in [1.82, 2.24) is 10.6 Å². The summed E-state index contributed by atoms with van der Waals surface area (Å²) in [5.41, 5.74) is 0. The number of methoxy groups -OCH3 is 2. The molecule has 15 heavy (non-hydrogen) atoms. The fourth-order valence-corrected chi connectivity index (χ4v) is 0.990. The van der Waals surface area contributed by atoms with Crippen molar-refractivity contribution in [3.63, 3.8) is 0 Å². The third kappa shape index (κ3) is 13.8. The molecule has 0 bridgehead atoms. The van der Waals surface area contributed by atoms with Crippen LogP contribution in [0.3, 0.4) is 0 Å². The molecule has 0 aliphatic heterocycles. The normalized spacial score (nSPS) is 10.8. The number of ether oxygens (including phenoxy) is 3. The van der Waals surface area contributed by atoms with Crippen LogP contribution in [0.4, 0.5) is 0 Å². The average Bonchev–Trinajstić information content (AvgIpc) is 2.26. The fraction of sp³-hybridized carbons (Fsp3) is 1.00. The molecule has 2 N–H and O–H groups in total. The number of nitrogens with one attached hydrogen (secondary N) is 2. The van der Waals surface area contributed by atoms with Crippen molar-refractivity contribution < 1.29 is 14.2 Å². The maximum absolute atomic E-state index is 5.29. The Bertz CT molecular complexity index is 103. The Morgan fingerprint density at radius 3 is 1.87 bits per heavy atom. The summed E-state index contributed by atoms with van der Waals surface area (Å²) in [6.07, 6.45) is 0. The second-order valence-corrected chi connectivity index (χ2v) is 3.10. The summed E-state index contributed by atoms with van der Waals surface area (Å²) in [5, 5.41) is 6.52. The molecule has 0 heterocycles. The summed E-state index contributed by atoms with van der Waals surface area (Å²) in [5.74, 6) is 0. The van der Waals surface area contributed by atoms with Gasteiger partial charge in [-0.2, -0.15) is 0 Å². The van der Waals surface area contributed by atoms with Crippen molar-refractivity contribution in [1.29, 1.82) is 0 Å². The van der Waals surface area contributed by atoms with Crippen molar-refractivity contribution >= 4 is 0 Å². The standard InChI is InChI=1S/C10H24N2O3/c1-13-7-5-11-3-4-12-6-8-15-10-9-14-2/h11-12H,3-10H2,1-2H3. The lowest BCUT2D eigenvalue weighted by molar-refractivity contribution is 0.0720. The number of hydrogen-bond donors (Lipinski definition) is 2. The van der Waals surface area contributed by atoms with Crippen LogP contribution in [-0.4, -0.2) is 66.8 Å².